The van der Waals surface area contributed by atoms with E-state index in [2.05, 4.69) is 20.6 Å². The van der Waals surface area contributed by atoms with Gasteiger partial charge in [-0.15, -0.1) is 29.9 Å². The van der Waals surface area contributed by atoms with Gasteiger partial charge in [0.1, 0.15) is 0 Å². The van der Waals surface area contributed by atoms with Gasteiger partial charge in [-0.2, -0.15) is 13.2 Å². The van der Waals surface area contributed by atoms with Crippen LogP contribution in [0.2, 0.25) is 0 Å². The van der Waals surface area contributed by atoms with Crippen LogP contribution in [0.5, 0.6) is 0 Å². The van der Waals surface area contributed by atoms with E-state index in [1.807, 2.05) is 0 Å². The summed E-state index contributed by atoms with van der Waals surface area (Å²) in [7, 11) is 0. The first-order chi connectivity index (χ1) is 12.9. The molecule has 2 heterocycles. The molecule has 0 radical (unpaired) electrons. The highest BCUT2D eigenvalue weighted by atomic mass is 35.5. The molecule has 29 heavy (non-hydrogen) atoms. The van der Waals surface area contributed by atoms with Crippen molar-refractivity contribution in [1.82, 2.24) is 25.3 Å². The topological polar surface area (TPSA) is 98.7 Å². The van der Waals surface area contributed by atoms with Gasteiger partial charge in [0, 0.05) is 18.8 Å². The summed E-state index contributed by atoms with van der Waals surface area (Å²) in [6, 6.07) is 1.94. The number of hydrogen-bond acceptors (Lipinski definition) is 5. The Labute approximate surface area is 178 Å². The zero-order valence-corrected chi connectivity index (χ0v) is 17.1. The number of carbonyl (C=O) groups is 1. The van der Waals surface area contributed by atoms with Gasteiger partial charge in [0.05, 0.1) is 11.8 Å². The van der Waals surface area contributed by atoms with Crippen molar-refractivity contribution in [3.63, 3.8) is 0 Å². The zero-order valence-electron chi connectivity index (χ0n) is 15.4. The number of nitrogens with one attached hydrogen (secondary N) is 1. The Morgan fingerprint density at radius 1 is 1.24 bits per heavy atom. The minimum absolute atomic E-state index is 0. The van der Waals surface area contributed by atoms with Gasteiger partial charge in [-0.1, -0.05) is 24.5 Å². The number of alkyl halides is 3. The van der Waals surface area contributed by atoms with E-state index in [-0.39, 0.29) is 42.4 Å². The van der Waals surface area contributed by atoms with Crippen LogP contribution in [-0.2, 0) is 6.18 Å². The minimum atomic E-state index is -4.46. The smallest absolute Gasteiger partial charge is 0.346 e. The maximum Gasteiger partial charge on any atom is 0.417 e. The Morgan fingerprint density at radius 3 is 2.48 bits per heavy atom. The first kappa shape index (κ1) is 25.1. The summed E-state index contributed by atoms with van der Waals surface area (Å²) in [5, 5.41) is 10.5. The third-order valence-electron chi connectivity index (χ3n) is 4.83. The van der Waals surface area contributed by atoms with Gasteiger partial charge >= 0.3 is 6.18 Å². The van der Waals surface area contributed by atoms with E-state index >= 15 is 0 Å². The van der Waals surface area contributed by atoms with Crippen LogP contribution >= 0.6 is 24.8 Å². The third kappa shape index (κ3) is 6.28. The van der Waals surface area contributed by atoms with Gasteiger partial charge in [-0.3, -0.25) is 4.79 Å². The van der Waals surface area contributed by atoms with E-state index in [1.54, 1.807) is 0 Å². The molecule has 1 saturated carbocycles. The predicted molar refractivity (Wildman–Crippen MR) is 106 cm³/mol. The van der Waals surface area contributed by atoms with Gasteiger partial charge < -0.3 is 11.1 Å². The highest BCUT2D eigenvalue weighted by molar-refractivity contribution is 5.92. The summed E-state index contributed by atoms with van der Waals surface area (Å²) in [5.74, 6) is 0.0747. The lowest BCUT2D eigenvalue weighted by Crippen LogP contribution is -2.46. The molecule has 1 amide bonds. The van der Waals surface area contributed by atoms with Gasteiger partial charge in [0.25, 0.3) is 5.91 Å². The largest absolute Gasteiger partial charge is 0.417 e. The monoisotopic (exact) mass is 454 g/mol. The Hall–Kier alpha value is -1.91. The summed E-state index contributed by atoms with van der Waals surface area (Å²) in [6.45, 7) is 0.338. The minimum Gasteiger partial charge on any atom is -0.346 e. The molecule has 1 aliphatic rings. The van der Waals surface area contributed by atoms with E-state index in [1.165, 1.54) is 18.7 Å². The van der Waals surface area contributed by atoms with Crippen LogP contribution in [0.1, 0.15) is 48.2 Å². The molecule has 0 bridgehead atoms. The summed E-state index contributed by atoms with van der Waals surface area (Å²) < 4.78 is 39.0. The number of halogens is 5. The van der Waals surface area contributed by atoms with Crippen molar-refractivity contribution in [3.05, 3.63) is 35.8 Å². The number of pyridine rings is 1. The first-order valence-corrected chi connectivity index (χ1v) is 8.85. The molecule has 1 fully saturated rings. The van der Waals surface area contributed by atoms with Crippen molar-refractivity contribution >= 4 is 30.7 Å². The lowest BCUT2D eigenvalue weighted by molar-refractivity contribution is -0.137. The predicted octanol–water partition coefficient (Wildman–Crippen LogP) is 3.16. The summed E-state index contributed by atoms with van der Waals surface area (Å²) in [6.07, 6.45) is 3.11. The van der Waals surface area contributed by atoms with Crippen molar-refractivity contribution in [2.45, 2.75) is 44.3 Å². The number of nitrogens with two attached hydrogens (primary N) is 1. The molecule has 162 valence electrons. The lowest BCUT2D eigenvalue weighted by atomic mass is 9.84. The highest BCUT2D eigenvalue weighted by Crippen LogP contribution is 2.29. The van der Waals surface area contributed by atoms with Crippen LogP contribution in [0.25, 0.3) is 5.82 Å². The molecule has 3 N–H and O–H groups in total. The normalized spacial score (nSPS) is 15.7. The molecule has 3 rings (SSSR count). The van der Waals surface area contributed by atoms with E-state index in [0.29, 0.717) is 18.7 Å². The number of aromatic nitrogens is 4. The van der Waals surface area contributed by atoms with E-state index < -0.39 is 17.6 Å². The van der Waals surface area contributed by atoms with Crippen molar-refractivity contribution in [1.29, 1.82) is 0 Å². The molecular weight excluding hydrogens is 432 g/mol. The van der Waals surface area contributed by atoms with Gasteiger partial charge in [0.2, 0.25) is 0 Å². The molecule has 2 aromatic heterocycles. The van der Waals surface area contributed by atoms with E-state index in [9.17, 15) is 18.0 Å². The molecule has 1 aliphatic carbocycles. The van der Waals surface area contributed by atoms with Crippen LogP contribution in [0.4, 0.5) is 13.2 Å². The molecular formula is C17H23Cl2F3N6O. The second-order valence-electron chi connectivity index (χ2n) is 6.66. The molecule has 0 aromatic carbocycles. The van der Waals surface area contributed by atoms with Crippen LogP contribution in [-0.4, -0.2) is 38.5 Å². The third-order valence-corrected chi connectivity index (χ3v) is 4.83. The number of rotatable bonds is 5. The van der Waals surface area contributed by atoms with Crippen molar-refractivity contribution in [2.75, 3.05) is 6.54 Å². The van der Waals surface area contributed by atoms with Crippen molar-refractivity contribution in [2.24, 2.45) is 11.7 Å². The fourth-order valence-corrected chi connectivity index (χ4v) is 3.32. The Morgan fingerprint density at radius 2 is 1.93 bits per heavy atom. The van der Waals surface area contributed by atoms with Gasteiger partial charge in [0.15, 0.2) is 11.5 Å². The summed E-state index contributed by atoms with van der Waals surface area (Å²) in [4.78, 5) is 16.2. The second-order valence-corrected chi connectivity index (χ2v) is 6.66. The molecule has 1 unspecified atom stereocenters. The Bertz CT molecular complexity index is 778. The molecule has 7 nitrogen and oxygen atoms in total. The SMILES string of the molecule is Cl.Cl.NCC(NC(=O)c1cn(-c2ccc(C(F)(F)F)cn2)nn1)C1CCCCC1. The van der Waals surface area contributed by atoms with Crippen LogP contribution < -0.4 is 11.1 Å². The number of nitrogens with zero attached hydrogens (tertiary/aromatic N) is 4. The van der Waals surface area contributed by atoms with E-state index in [0.717, 1.165) is 36.4 Å². The average Bonchev–Trinajstić information content (AvgIpc) is 3.16. The fraction of sp³-hybridized carbons (Fsp3) is 0.529. The lowest BCUT2D eigenvalue weighted by Gasteiger charge is -2.29. The highest BCUT2D eigenvalue weighted by Gasteiger charge is 2.31. The second kappa shape index (κ2) is 10.7. The van der Waals surface area contributed by atoms with Gasteiger partial charge in [-0.25, -0.2) is 9.67 Å². The summed E-state index contributed by atoms with van der Waals surface area (Å²) >= 11 is 0. The fourth-order valence-electron chi connectivity index (χ4n) is 3.32. The molecule has 1 atom stereocenters. The quantitative estimate of drug-likeness (QED) is 0.722. The van der Waals surface area contributed by atoms with Crippen molar-refractivity contribution < 1.29 is 18.0 Å². The molecule has 0 saturated heterocycles. The number of amides is 1. The standard InChI is InChI=1S/C17H21F3N6O.2ClH/c18-17(19,20)12-6-7-15(22-9-12)26-10-14(24-25-26)16(27)23-13(8-21)11-4-2-1-3-5-11;;/h6-7,9-11,13H,1-5,8,21H2,(H,23,27);2*1H. The number of hydrogen-bond donors (Lipinski definition) is 2. The maximum atomic E-state index is 12.6. The zero-order chi connectivity index (χ0) is 19.4. The van der Waals surface area contributed by atoms with Crippen LogP contribution in [0, 0.1) is 5.92 Å². The summed E-state index contributed by atoms with van der Waals surface area (Å²) in [5.41, 5.74) is 5.02. The van der Waals surface area contributed by atoms with Crippen molar-refractivity contribution in [3.8, 4) is 5.82 Å². The van der Waals surface area contributed by atoms with Gasteiger partial charge in [-0.05, 0) is 30.9 Å². The molecule has 0 aliphatic heterocycles. The van der Waals surface area contributed by atoms with Crippen LogP contribution in [0.15, 0.2) is 24.5 Å². The van der Waals surface area contributed by atoms with Crippen LogP contribution in [0.3, 0.4) is 0 Å². The Balaban J connectivity index is 0.00000210. The Kier molecular flexibility index (Phi) is 9.31. The average molecular weight is 455 g/mol. The molecule has 12 heteroatoms. The van der Waals surface area contributed by atoms with E-state index in [4.69, 9.17) is 5.73 Å². The maximum absolute atomic E-state index is 12.6. The first-order valence-electron chi connectivity index (χ1n) is 8.85. The molecule has 0 spiro atoms. The number of carbonyl (C=O) groups excluding carboxylic acids is 1. The molecule has 2 aromatic rings.